The molecule has 2 N–H and O–H groups in total. The number of carbonyl (C=O) groups is 1. The second kappa shape index (κ2) is 5.94. The van der Waals surface area contributed by atoms with E-state index in [1.807, 2.05) is 0 Å². The number of benzene rings is 1. The molecule has 5 nitrogen and oxygen atoms in total. The maximum atomic E-state index is 12.4. The summed E-state index contributed by atoms with van der Waals surface area (Å²) in [6, 6.07) is 2.98. The van der Waals surface area contributed by atoms with Gasteiger partial charge in [-0.15, -0.1) is 13.2 Å². The van der Waals surface area contributed by atoms with Gasteiger partial charge in [-0.25, -0.2) is 0 Å². The molecular formula is C12H13BF3NO4. The second-order valence-electron chi connectivity index (χ2n) is 4.68. The molecule has 21 heavy (non-hydrogen) atoms. The van der Waals surface area contributed by atoms with Crippen molar-refractivity contribution in [3.8, 4) is 5.75 Å². The van der Waals surface area contributed by atoms with E-state index in [9.17, 15) is 18.0 Å². The standard InChI is InChI=1S/C12H13BF3NO4/c14-12(15,16)21-10-4-3-8(13(19)20)7-9(10)11(18)17-5-1-2-6-17/h3-4,7,19-20H,1-2,5-6H2. The van der Waals surface area contributed by atoms with Crippen LogP contribution in [0.15, 0.2) is 18.2 Å². The fraction of sp³-hybridized carbons (Fsp3) is 0.417. The molecule has 0 atom stereocenters. The minimum absolute atomic E-state index is 0.0768. The van der Waals surface area contributed by atoms with Crippen molar-refractivity contribution in [2.75, 3.05) is 13.1 Å². The summed E-state index contributed by atoms with van der Waals surface area (Å²) in [6.07, 6.45) is -3.37. The third-order valence-electron chi connectivity index (χ3n) is 3.15. The highest BCUT2D eigenvalue weighted by Gasteiger charge is 2.34. The monoisotopic (exact) mass is 303 g/mol. The van der Waals surface area contributed by atoms with Crippen LogP contribution >= 0.6 is 0 Å². The zero-order chi connectivity index (χ0) is 15.6. The van der Waals surface area contributed by atoms with E-state index in [4.69, 9.17) is 10.0 Å². The quantitative estimate of drug-likeness (QED) is 0.798. The highest BCUT2D eigenvalue weighted by Crippen LogP contribution is 2.27. The van der Waals surface area contributed by atoms with Crippen LogP contribution in [0.2, 0.25) is 0 Å². The molecule has 0 unspecified atom stereocenters. The van der Waals surface area contributed by atoms with Crippen molar-refractivity contribution in [3.63, 3.8) is 0 Å². The van der Waals surface area contributed by atoms with Crippen LogP contribution in [-0.2, 0) is 0 Å². The van der Waals surface area contributed by atoms with E-state index in [1.54, 1.807) is 0 Å². The van der Waals surface area contributed by atoms with Gasteiger partial charge in [0, 0.05) is 13.1 Å². The molecule has 1 aliphatic rings. The third kappa shape index (κ3) is 3.89. The van der Waals surface area contributed by atoms with E-state index in [2.05, 4.69) is 4.74 Å². The number of hydrogen-bond acceptors (Lipinski definition) is 4. The Bertz CT molecular complexity index is 530. The summed E-state index contributed by atoms with van der Waals surface area (Å²) in [5.74, 6) is -1.27. The van der Waals surface area contributed by atoms with Gasteiger partial charge >= 0.3 is 13.5 Å². The number of nitrogens with zero attached hydrogens (tertiary/aromatic N) is 1. The molecule has 0 saturated carbocycles. The first kappa shape index (κ1) is 15.6. The first-order valence-electron chi connectivity index (χ1n) is 6.33. The molecule has 0 radical (unpaired) electrons. The molecule has 0 aliphatic carbocycles. The maximum absolute atomic E-state index is 12.4. The van der Waals surface area contributed by atoms with Crippen LogP contribution in [0.3, 0.4) is 0 Å². The lowest BCUT2D eigenvalue weighted by molar-refractivity contribution is -0.274. The van der Waals surface area contributed by atoms with E-state index >= 15 is 0 Å². The van der Waals surface area contributed by atoms with Crippen LogP contribution in [0.1, 0.15) is 23.2 Å². The Morgan fingerprint density at radius 2 is 1.86 bits per heavy atom. The first-order valence-corrected chi connectivity index (χ1v) is 6.33. The fourth-order valence-corrected chi connectivity index (χ4v) is 2.18. The highest BCUT2D eigenvalue weighted by molar-refractivity contribution is 6.58. The summed E-state index contributed by atoms with van der Waals surface area (Å²) < 4.78 is 41.0. The van der Waals surface area contributed by atoms with Crippen LogP contribution in [-0.4, -0.2) is 47.4 Å². The van der Waals surface area contributed by atoms with Crippen LogP contribution in [0, 0.1) is 0 Å². The van der Waals surface area contributed by atoms with Gasteiger partial charge in [0.05, 0.1) is 5.56 Å². The van der Waals surface area contributed by atoms with Crippen molar-refractivity contribution in [1.82, 2.24) is 4.90 Å². The predicted molar refractivity (Wildman–Crippen MR) is 68.1 cm³/mol. The topological polar surface area (TPSA) is 70.0 Å². The molecule has 1 aromatic rings. The van der Waals surface area contributed by atoms with Gasteiger partial charge in [0.1, 0.15) is 5.75 Å². The summed E-state index contributed by atoms with van der Waals surface area (Å²) in [7, 11) is -1.88. The molecule has 1 saturated heterocycles. The van der Waals surface area contributed by atoms with Crippen molar-refractivity contribution in [1.29, 1.82) is 0 Å². The Kier molecular flexibility index (Phi) is 4.43. The maximum Gasteiger partial charge on any atom is 0.573 e. The lowest BCUT2D eigenvalue weighted by Gasteiger charge is -2.19. The van der Waals surface area contributed by atoms with Crippen LogP contribution in [0.25, 0.3) is 0 Å². The van der Waals surface area contributed by atoms with Gasteiger partial charge in [0.15, 0.2) is 0 Å². The molecular weight excluding hydrogens is 290 g/mol. The Balaban J connectivity index is 2.37. The minimum atomic E-state index is -4.93. The molecule has 1 heterocycles. The summed E-state index contributed by atoms with van der Waals surface area (Å²) in [5, 5.41) is 18.2. The van der Waals surface area contributed by atoms with Gasteiger partial charge in [-0.1, -0.05) is 6.07 Å². The average Bonchev–Trinajstić information content (AvgIpc) is 2.90. The van der Waals surface area contributed by atoms with Crippen molar-refractivity contribution in [2.24, 2.45) is 0 Å². The van der Waals surface area contributed by atoms with Gasteiger partial charge in [-0.05, 0) is 30.4 Å². The minimum Gasteiger partial charge on any atom is -0.423 e. The normalized spacial score (nSPS) is 15.2. The second-order valence-corrected chi connectivity index (χ2v) is 4.68. The highest BCUT2D eigenvalue weighted by atomic mass is 19.4. The lowest BCUT2D eigenvalue weighted by Crippen LogP contribution is -2.34. The number of alkyl halides is 3. The number of hydrogen-bond donors (Lipinski definition) is 2. The Morgan fingerprint density at radius 3 is 2.38 bits per heavy atom. The molecule has 1 aromatic carbocycles. The zero-order valence-corrected chi connectivity index (χ0v) is 10.9. The molecule has 2 rings (SSSR count). The van der Waals surface area contributed by atoms with Gasteiger partial charge in [0.2, 0.25) is 0 Å². The van der Waals surface area contributed by atoms with Crippen LogP contribution in [0.4, 0.5) is 13.2 Å². The number of halogens is 3. The van der Waals surface area contributed by atoms with Crippen molar-refractivity contribution < 1.29 is 32.8 Å². The summed E-state index contributed by atoms with van der Waals surface area (Å²) in [5.41, 5.74) is -0.410. The van der Waals surface area contributed by atoms with Crippen LogP contribution in [0.5, 0.6) is 5.75 Å². The molecule has 1 fully saturated rings. The Labute approximate surface area is 119 Å². The summed E-state index contributed by atoms with van der Waals surface area (Å²) >= 11 is 0. The number of rotatable bonds is 3. The zero-order valence-electron chi connectivity index (χ0n) is 10.9. The van der Waals surface area contributed by atoms with Crippen LogP contribution < -0.4 is 10.2 Å². The molecule has 1 amide bonds. The predicted octanol–water partition coefficient (Wildman–Crippen LogP) is 0.501. The number of amides is 1. The van der Waals surface area contributed by atoms with E-state index in [0.29, 0.717) is 13.1 Å². The number of ether oxygens (including phenoxy) is 1. The Hall–Kier alpha value is -1.74. The number of likely N-dealkylation sites (tertiary alicyclic amines) is 1. The molecule has 114 valence electrons. The first-order chi connectivity index (χ1) is 9.78. The van der Waals surface area contributed by atoms with E-state index < -0.39 is 25.1 Å². The van der Waals surface area contributed by atoms with Crippen molar-refractivity contribution in [2.45, 2.75) is 19.2 Å². The fourth-order valence-electron chi connectivity index (χ4n) is 2.18. The summed E-state index contributed by atoms with van der Waals surface area (Å²) in [4.78, 5) is 13.7. The van der Waals surface area contributed by atoms with Crippen molar-refractivity contribution >= 4 is 18.5 Å². The van der Waals surface area contributed by atoms with Gasteiger partial charge in [-0.3, -0.25) is 4.79 Å². The molecule has 0 spiro atoms. The van der Waals surface area contributed by atoms with E-state index in [-0.39, 0.29) is 11.0 Å². The smallest absolute Gasteiger partial charge is 0.423 e. The molecule has 0 aromatic heterocycles. The Morgan fingerprint density at radius 1 is 1.24 bits per heavy atom. The van der Waals surface area contributed by atoms with E-state index in [0.717, 1.165) is 31.0 Å². The molecule has 1 aliphatic heterocycles. The van der Waals surface area contributed by atoms with Crippen molar-refractivity contribution in [3.05, 3.63) is 23.8 Å². The molecule has 9 heteroatoms. The SMILES string of the molecule is O=C(c1cc(B(O)O)ccc1OC(F)(F)F)N1CCCC1. The van der Waals surface area contributed by atoms with Gasteiger partial charge in [-0.2, -0.15) is 0 Å². The summed E-state index contributed by atoms with van der Waals surface area (Å²) in [6.45, 7) is 0.909. The largest absolute Gasteiger partial charge is 0.573 e. The van der Waals surface area contributed by atoms with Gasteiger partial charge in [0.25, 0.3) is 5.91 Å². The molecule has 0 bridgehead atoms. The average molecular weight is 303 g/mol. The van der Waals surface area contributed by atoms with E-state index in [1.165, 1.54) is 4.90 Å². The lowest BCUT2D eigenvalue weighted by atomic mass is 9.79. The number of carbonyl (C=O) groups excluding carboxylic acids is 1. The third-order valence-corrected chi connectivity index (χ3v) is 3.15. The van der Waals surface area contributed by atoms with Gasteiger partial charge < -0.3 is 19.7 Å².